The zero-order valence-electron chi connectivity index (χ0n) is 17.1. The number of benzene rings is 1. The van der Waals surface area contributed by atoms with Gasteiger partial charge in [0.25, 0.3) is 0 Å². The Kier molecular flexibility index (Phi) is 6.85. The van der Waals surface area contributed by atoms with E-state index in [2.05, 4.69) is 26.5 Å². The van der Waals surface area contributed by atoms with Gasteiger partial charge in [-0.15, -0.1) is 10.2 Å². The first-order valence-electron chi connectivity index (χ1n) is 9.74. The third-order valence-electron chi connectivity index (χ3n) is 4.90. The Bertz CT molecular complexity index is 954. The zero-order chi connectivity index (χ0) is 20.8. The quantitative estimate of drug-likeness (QED) is 0.586. The zero-order valence-corrected chi connectivity index (χ0v) is 17.9. The van der Waals surface area contributed by atoms with Crippen LogP contribution in [0.5, 0.6) is 5.75 Å². The Labute approximate surface area is 179 Å². The predicted molar refractivity (Wildman–Crippen MR) is 115 cm³/mol. The fourth-order valence-electron chi connectivity index (χ4n) is 3.52. The summed E-state index contributed by atoms with van der Waals surface area (Å²) >= 11 is 1.44. The molecular formula is C21H25N5O3S. The monoisotopic (exact) mass is 427 g/mol. The highest BCUT2D eigenvalue weighted by Crippen LogP contribution is 2.27. The number of morpholine rings is 1. The number of nitrogens with one attached hydrogen (secondary N) is 1. The summed E-state index contributed by atoms with van der Waals surface area (Å²) in [6.07, 6.45) is -0.0944. The molecule has 1 fully saturated rings. The minimum absolute atomic E-state index is 0.0944. The number of methoxy groups -OCH3 is 2. The van der Waals surface area contributed by atoms with Crippen molar-refractivity contribution in [2.24, 2.45) is 0 Å². The summed E-state index contributed by atoms with van der Waals surface area (Å²) in [5, 5.41) is 11.7. The van der Waals surface area contributed by atoms with Crippen LogP contribution in [0, 0.1) is 0 Å². The van der Waals surface area contributed by atoms with Gasteiger partial charge in [-0.2, -0.15) is 0 Å². The van der Waals surface area contributed by atoms with E-state index in [1.807, 2.05) is 30.3 Å². The van der Waals surface area contributed by atoms with Crippen LogP contribution in [0.15, 0.2) is 41.9 Å². The highest BCUT2D eigenvalue weighted by atomic mass is 32.1. The SMILES string of the molecule is COCc1ccc(OC)c(CN2CCO[C@H](c3cccc(Nc4nncs4)n3)C2)c1. The van der Waals surface area contributed by atoms with Gasteiger partial charge in [0.15, 0.2) is 0 Å². The third-order valence-corrected chi connectivity index (χ3v) is 5.50. The number of hydrogen-bond acceptors (Lipinski definition) is 9. The fourth-order valence-corrected chi connectivity index (χ4v) is 3.97. The lowest BCUT2D eigenvalue weighted by atomic mass is 10.1. The van der Waals surface area contributed by atoms with Gasteiger partial charge in [0.2, 0.25) is 5.13 Å². The summed E-state index contributed by atoms with van der Waals surface area (Å²) in [7, 11) is 3.41. The maximum atomic E-state index is 6.03. The lowest BCUT2D eigenvalue weighted by Crippen LogP contribution is -2.38. The average Bonchev–Trinajstić information content (AvgIpc) is 3.28. The molecule has 1 aromatic carbocycles. The molecule has 0 spiro atoms. The topological polar surface area (TPSA) is 81.6 Å². The van der Waals surface area contributed by atoms with Gasteiger partial charge in [-0.3, -0.25) is 4.90 Å². The summed E-state index contributed by atoms with van der Waals surface area (Å²) in [5.74, 6) is 1.62. The molecular weight excluding hydrogens is 402 g/mol. The second-order valence-corrected chi connectivity index (χ2v) is 7.82. The number of anilines is 2. The van der Waals surface area contributed by atoms with Crippen molar-refractivity contribution in [2.45, 2.75) is 19.3 Å². The van der Waals surface area contributed by atoms with Crippen LogP contribution in [0.2, 0.25) is 0 Å². The normalized spacial score (nSPS) is 17.1. The van der Waals surface area contributed by atoms with Gasteiger partial charge in [-0.1, -0.05) is 23.5 Å². The Balaban J connectivity index is 1.45. The maximum absolute atomic E-state index is 6.03. The van der Waals surface area contributed by atoms with Gasteiger partial charge in [0, 0.05) is 32.3 Å². The lowest BCUT2D eigenvalue weighted by Gasteiger charge is -2.33. The molecule has 0 bridgehead atoms. The van der Waals surface area contributed by atoms with E-state index >= 15 is 0 Å². The van der Waals surface area contributed by atoms with Crippen molar-refractivity contribution >= 4 is 22.3 Å². The van der Waals surface area contributed by atoms with Crippen molar-refractivity contribution in [2.75, 3.05) is 39.2 Å². The van der Waals surface area contributed by atoms with Gasteiger partial charge >= 0.3 is 0 Å². The van der Waals surface area contributed by atoms with Crippen molar-refractivity contribution in [1.82, 2.24) is 20.1 Å². The highest BCUT2D eigenvalue weighted by molar-refractivity contribution is 7.13. The second-order valence-electron chi connectivity index (χ2n) is 6.99. The molecule has 9 heteroatoms. The van der Waals surface area contributed by atoms with E-state index in [1.54, 1.807) is 19.7 Å². The Morgan fingerprint density at radius 2 is 2.20 bits per heavy atom. The van der Waals surface area contributed by atoms with E-state index in [-0.39, 0.29) is 6.10 Å². The second kappa shape index (κ2) is 9.94. The van der Waals surface area contributed by atoms with E-state index in [9.17, 15) is 0 Å². The van der Waals surface area contributed by atoms with Gasteiger partial charge in [0.1, 0.15) is 23.2 Å². The maximum Gasteiger partial charge on any atom is 0.210 e. The summed E-state index contributed by atoms with van der Waals surface area (Å²) < 4.78 is 16.9. The van der Waals surface area contributed by atoms with Gasteiger partial charge in [0.05, 0.1) is 26.0 Å². The molecule has 0 aliphatic carbocycles. The molecule has 3 aromatic rings. The van der Waals surface area contributed by atoms with E-state index in [4.69, 9.17) is 19.2 Å². The minimum atomic E-state index is -0.0944. The number of ether oxygens (including phenoxy) is 3. The molecule has 30 heavy (non-hydrogen) atoms. The first kappa shape index (κ1) is 20.7. The number of nitrogens with zero attached hydrogens (tertiary/aromatic N) is 4. The summed E-state index contributed by atoms with van der Waals surface area (Å²) in [6.45, 7) is 3.63. The number of hydrogen-bond donors (Lipinski definition) is 1. The van der Waals surface area contributed by atoms with Gasteiger partial charge in [-0.25, -0.2) is 4.98 Å². The molecule has 1 aliphatic heterocycles. The summed E-state index contributed by atoms with van der Waals surface area (Å²) in [5.41, 5.74) is 4.86. The van der Waals surface area contributed by atoms with Crippen molar-refractivity contribution in [1.29, 1.82) is 0 Å². The van der Waals surface area contributed by atoms with Crippen LogP contribution in [0.1, 0.15) is 22.9 Å². The molecule has 0 unspecified atom stereocenters. The molecule has 0 amide bonds. The molecule has 0 saturated carbocycles. The van der Waals surface area contributed by atoms with Crippen molar-refractivity contribution < 1.29 is 14.2 Å². The Morgan fingerprint density at radius 3 is 3.00 bits per heavy atom. The fraction of sp³-hybridized carbons (Fsp3) is 0.381. The summed E-state index contributed by atoms with van der Waals surface area (Å²) in [4.78, 5) is 7.09. The molecule has 1 N–H and O–H groups in total. The number of rotatable bonds is 8. The first-order chi connectivity index (χ1) is 14.7. The van der Waals surface area contributed by atoms with Crippen molar-refractivity contribution in [3.05, 3.63) is 58.7 Å². The highest BCUT2D eigenvalue weighted by Gasteiger charge is 2.24. The largest absolute Gasteiger partial charge is 0.496 e. The lowest BCUT2D eigenvalue weighted by molar-refractivity contribution is -0.0351. The molecule has 0 radical (unpaired) electrons. The standard InChI is InChI=1S/C21H25N5O3S/c1-27-13-15-6-7-18(28-2)16(10-15)11-26-8-9-29-19(12-26)17-4-3-5-20(23-17)24-21-25-22-14-30-21/h3-7,10,14,19H,8-9,11-13H2,1-2H3,(H,23,24,25)/t19-/m0/s1. The molecule has 4 rings (SSSR count). The van der Waals surface area contributed by atoms with Gasteiger partial charge in [-0.05, 0) is 29.8 Å². The van der Waals surface area contributed by atoms with Crippen LogP contribution >= 0.6 is 11.3 Å². The van der Waals surface area contributed by atoms with Crippen molar-refractivity contribution in [3.63, 3.8) is 0 Å². The van der Waals surface area contributed by atoms with Crippen LogP contribution in [0.4, 0.5) is 10.9 Å². The molecule has 1 atom stereocenters. The molecule has 3 heterocycles. The molecule has 1 aliphatic rings. The van der Waals surface area contributed by atoms with Gasteiger partial charge < -0.3 is 19.5 Å². The van der Waals surface area contributed by atoms with Crippen LogP contribution in [0.25, 0.3) is 0 Å². The smallest absolute Gasteiger partial charge is 0.210 e. The predicted octanol–water partition coefficient (Wildman–Crippen LogP) is 3.41. The van der Waals surface area contributed by atoms with Crippen LogP contribution in [-0.4, -0.2) is 54.0 Å². The van der Waals surface area contributed by atoms with Crippen LogP contribution < -0.4 is 10.1 Å². The summed E-state index contributed by atoms with van der Waals surface area (Å²) in [6, 6.07) is 12.1. The molecule has 2 aromatic heterocycles. The molecule has 8 nitrogen and oxygen atoms in total. The number of pyridine rings is 1. The Hall–Kier alpha value is -2.59. The molecule has 158 valence electrons. The number of aromatic nitrogens is 3. The first-order valence-corrected chi connectivity index (χ1v) is 10.6. The van der Waals surface area contributed by atoms with Crippen LogP contribution in [0.3, 0.4) is 0 Å². The Morgan fingerprint density at radius 1 is 1.27 bits per heavy atom. The van der Waals surface area contributed by atoms with E-state index in [0.717, 1.165) is 48.0 Å². The van der Waals surface area contributed by atoms with E-state index in [0.29, 0.717) is 18.3 Å². The van der Waals surface area contributed by atoms with Crippen molar-refractivity contribution in [3.8, 4) is 5.75 Å². The third kappa shape index (κ3) is 5.11. The molecule has 1 saturated heterocycles. The van der Waals surface area contributed by atoms with Crippen LogP contribution in [-0.2, 0) is 22.6 Å². The average molecular weight is 428 g/mol. The van der Waals surface area contributed by atoms with E-state index < -0.39 is 0 Å². The van der Waals surface area contributed by atoms with E-state index in [1.165, 1.54) is 11.3 Å². The minimum Gasteiger partial charge on any atom is -0.496 e.